The monoisotopic (exact) mass is 331 g/mol. The molecule has 0 saturated heterocycles. The lowest BCUT2D eigenvalue weighted by atomic mass is 10.0. The zero-order valence-corrected chi connectivity index (χ0v) is 13.7. The van der Waals surface area contributed by atoms with Crippen molar-refractivity contribution in [2.75, 3.05) is 5.73 Å². The van der Waals surface area contributed by atoms with E-state index in [1.165, 1.54) is 23.3 Å². The van der Waals surface area contributed by atoms with Crippen LogP contribution in [0.3, 0.4) is 0 Å². The highest BCUT2D eigenvalue weighted by Gasteiger charge is 2.09. The van der Waals surface area contributed by atoms with E-state index in [1.807, 2.05) is 24.3 Å². The Kier molecular flexibility index (Phi) is 3.94. The fourth-order valence-corrected chi connectivity index (χ4v) is 3.08. The number of nitrogens with zero attached hydrogens (tertiary/aromatic N) is 1. The molecule has 3 nitrogen and oxygen atoms in total. The smallest absolute Gasteiger partial charge is 0.123 e. The fraction of sp³-hybridized carbons (Fsp3) is 0.0952. The van der Waals surface area contributed by atoms with Gasteiger partial charge in [-0.25, -0.2) is 4.39 Å². The minimum absolute atomic E-state index is 0.244. The summed E-state index contributed by atoms with van der Waals surface area (Å²) in [6.07, 6.45) is 1.85. The summed E-state index contributed by atoms with van der Waals surface area (Å²) in [6.45, 7) is 0. The second kappa shape index (κ2) is 6.40. The largest absolute Gasteiger partial charge is 0.399 e. The van der Waals surface area contributed by atoms with Crippen LogP contribution < -0.4 is 5.73 Å². The Morgan fingerprint density at radius 3 is 2.40 bits per heavy atom. The van der Waals surface area contributed by atoms with Crippen molar-refractivity contribution in [1.82, 2.24) is 10.2 Å². The van der Waals surface area contributed by atoms with Crippen LogP contribution in [0, 0.1) is 5.82 Å². The lowest BCUT2D eigenvalue weighted by Gasteiger charge is -2.04. The van der Waals surface area contributed by atoms with E-state index in [1.54, 1.807) is 12.1 Å². The SMILES string of the molecule is Nc1cccc(CCc2ccc3[nH]nc(-c4ccc(F)cc4)c3c2)c1. The van der Waals surface area contributed by atoms with Crippen molar-refractivity contribution in [2.24, 2.45) is 0 Å². The van der Waals surface area contributed by atoms with Crippen molar-refractivity contribution < 1.29 is 4.39 Å². The van der Waals surface area contributed by atoms with Gasteiger partial charge in [0.1, 0.15) is 5.82 Å². The lowest BCUT2D eigenvalue weighted by molar-refractivity contribution is 0.628. The topological polar surface area (TPSA) is 54.7 Å². The Hall–Kier alpha value is -3.14. The highest BCUT2D eigenvalue weighted by Crippen LogP contribution is 2.27. The van der Waals surface area contributed by atoms with Crippen LogP contribution in [0.15, 0.2) is 66.7 Å². The fourth-order valence-electron chi connectivity index (χ4n) is 3.08. The van der Waals surface area contributed by atoms with Gasteiger partial charge in [-0.2, -0.15) is 5.10 Å². The molecule has 0 aliphatic carbocycles. The highest BCUT2D eigenvalue weighted by molar-refractivity contribution is 5.93. The lowest BCUT2D eigenvalue weighted by Crippen LogP contribution is -1.93. The maximum Gasteiger partial charge on any atom is 0.123 e. The third-order valence-corrected chi connectivity index (χ3v) is 4.40. The minimum atomic E-state index is -0.244. The summed E-state index contributed by atoms with van der Waals surface area (Å²) in [5, 5.41) is 8.50. The molecule has 0 aliphatic heterocycles. The van der Waals surface area contributed by atoms with Gasteiger partial charge in [-0.15, -0.1) is 0 Å². The second-order valence-corrected chi connectivity index (χ2v) is 6.20. The molecule has 0 spiro atoms. The van der Waals surface area contributed by atoms with E-state index in [9.17, 15) is 4.39 Å². The molecule has 1 aromatic heterocycles. The molecule has 0 atom stereocenters. The Labute approximate surface area is 145 Å². The molecular formula is C21H18FN3. The molecule has 25 heavy (non-hydrogen) atoms. The van der Waals surface area contributed by atoms with E-state index in [4.69, 9.17) is 5.73 Å². The van der Waals surface area contributed by atoms with Crippen LogP contribution in [0.2, 0.25) is 0 Å². The van der Waals surface area contributed by atoms with Gasteiger partial charge in [0, 0.05) is 16.6 Å². The van der Waals surface area contributed by atoms with Gasteiger partial charge < -0.3 is 5.73 Å². The van der Waals surface area contributed by atoms with Gasteiger partial charge in [0.2, 0.25) is 0 Å². The normalized spacial score (nSPS) is 11.1. The summed E-state index contributed by atoms with van der Waals surface area (Å²) >= 11 is 0. The second-order valence-electron chi connectivity index (χ2n) is 6.20. The minimum Gasteiger partial charge on any atom is -0.399 e. The number of rotatable bonds is 4. The summed E-state index contributed by atoms with van der Waals surface area (Å²) < 4.78 is 13.2. The Morgan fingerprint density at radius 1 is 0.880 bits per heavy atom. The van der Waals surface area contributed by atoms with Gasteiger partial charge in [0.05, 0.1) is 11.2 Å². The summed E-state index contributed by atoms with van der Waals surface area (Å²) in [7, 11) is 0. The molecule has 0 unspecified atom stereocenters. The molecule has 3 aromatic carbocycles. The average Bonchev–Trinajstić information content (AvgIpc) is 3.04. The number of aryl methyl sites for hydroxylation is 2. The molecule has 0 saturated carbocycles. The van der Waals surface area contributed by atoms with Crippen LogP contribution in [0.1, 0.15) is 11.1 Å². The van der Waals surface area contributed by atoms with Gasteiger partial charge in [-0.05, 0) is 72.5 Å². The Morgan fingerprint density at radius 2 is 1.64 bits per heavy atom. The molecule has 0 aliphatic rings. The van der Waals surface area contributed by atoms with Crippen molar-refractivity contribution in [2.45, 2.75) is 12.8 Å². The number of benzene rings is 3. The molecule has 124 valence electrons. The molecule has 0 amide bonds. The summed E-state index contributed by atoms with van der Waals surface area (Å²) in [5.74, 6) is -0.244. The van der Waals surface area contributed by atoms with E-state index in [-0.39, 0.29) is 5.82 Å². The van der Waals surface area contributed by atoms with E-state index < -0.39 is 0 Å². The van der Waals surface area contributed by atoms with E-state index in [0.717, 1.165) is 40.7 Å². The van der Waals surface area contributed by atoms with Crippen molar-refractivity contribution in [3.8, 4) is 11.3 Å². The molecule has 4 heteroatoms. The first-order valence-electron chi connectivity index (χ1n) is 8.26. The van der Waals surface area contributed by atoms with Crippen LogP contribution >= 0.6 is 0 Å². The van der Waals surface area contributed by atoms with Gasteiger partial charge in [0.15, 0.2) is 0 Å². The van der Waals surface area contributed by atoms with E-state index in [2.05, 4.69) is 28.4 Å². The van der Waals surface area contributed by atoms with Crippen molar-refractivity contribution in [3.05, 3.63) is 83.7 Å². The Balaban J connectivity index is 1.63. The number of halogens is 1. The zero-order chi connectivity index (χ0) is 17.2. The third kappa shape index (κ3) is 3.24. The van der Waals surface area contributed by atoms with E-state index in [0.29, 0.717) is 0 Å². The highest BCUT2D eigenvalue weighted by atomic mass is 19.1. The van der Waals surface area contributed by atoms with Crippen LogP contribution in [-0.2, 0) is 12.8 Å². The number of nitrogen functional groups attached to an aromatic ring is 1. The molecule has 0 bridgehead atoms. The van der Waals surface area contributed by atoms with Gasteiger partial charge in [-0.3, -0.25) is 5.10 Å². The van der Waals surface area contributed by atoms with Crippen molar-refractivity contribution in [1.29, 1.82) is 0 Å². The number of hydrogen-bond donors (Lipinski definition) is 2. The van der Waals surface area contributed by atoms with Gasteiger partial charge in [0.25, 0.3) is 0 Å². The predicted molar refractivity (Wildman–Crippen MR) is 99.8 cm³/mol. The number of anilines is 1. The number of aromatic nitrogens is 2. The summed E-state index contributed by atoms with van der Waals surface area (Å²) in [5.41, 5.74) is 11.8. The van der Waals surface area contributed by atoms with Crippen molar-refractivity contribution in [3.63, 3.8) is 0 Å². The molecule has 0 radical (unpaired) electrons. The quantitative estimate of drug-likeness (QED) is 0.531. The molecular weight excluding hydrogens is 313 g/mol. The number of nitrogens with one attached hydrogen (secondary N) is 1. The van der Waals surface area contributed by atoms with Crippen LogP contribution in [0.4, 0.5) is 10.1 Å². The molecule has 1 heterocycles. The number of nitrogens with two attached hydrogens (primary N) is 1. The molecule has 3 N–H and O–H groups in total. The predicted octanol–water partition coefficient (Wildman–Crippen LogP) is 4.74. The standard InChI is InChI=1S/C21H18FN3/c22-17-9-7-16(8-10-17)21-19-13-15(6-11-20(19)24-25-21)5-4-14-2-1-3-18(23)12-14/h1-3,6-13H,4-5,23H2,(H,24,25). The third-order valence-electron chi connectivity index (χ3n) is 4.40. The maximum absolute atomic E-state index is 13.2. The molecule has 4 aromatic rings. The maximum atomic E-state index is 13.2. The van der Waals surface area contributed by atoms with Gasteiger partial charge >= 0.3 is 0 Å². The first kappa shape index (κ1) is 15.4. The van der Waals surface area contributed by atoms with Gasteiger partial charge in [-0.1, -0.05) is 18.2 Å². The average molecular weight is 331 g/mol. The summed E-state index contributed by atoms with van der Waals surface area (Å²) in [6, 6.07) is 20.7. The first-order valence-corrected chi connectivity index (χ1v) is 8.26. The molecule has 0 fully saturated rings. The number of fused-ring (bicyclic) bond motifs is 1. The number of hydrogen-bond acceptors (Lipinski definition) is 2. The first-order chi connectivity index (χ1) is 12.2. The van der Waals surface area contributed by atoms with Crippen LogP contribution in [0.5, 0.6) is 0 Å². The number of aromatic amines is 1. The molecule has 4 rings (SSSR count). The van der Waals surface area contributed by atoms with Crippen LogP contribution in [-0.4, -0.2) is 10.2 Å². The van der Waals surface area contributed by atoms with Crippen molar-refractivity contribution >= 4 is 16.6 Å². The zero-order valence-electron chi connectivity index (χ0n) is 13.7. The van der Waals surface area contributed by atoms with Crippen LogP contribution in [0.25, 0.3) is 22.2 Å². The Bertz CT molecular complexity index is 1020. The van der Waals surface area contributed by atoms with E-state index >= 15 is 0 Å². The summed E-state index contributed by atoms with van der Waals surface area (Å²) in [4.78, 5) is 0. The number of H-pyrrole nitrogens is 1.